The molecule has 1 heterocycles. The number of ether oxygens (including phenoxy) is 2. The van der Waals surface area contributed by atoms with Crippen LogP contribution in [-0.2, 0) is 0 Å². The van der Waals surface area contributed by atoms with Gasteiger partial charge in [0.2, 0.25) is 0 Å². The number of amides is 1. The second kappa shape index (κ2) is 10.1. The first-order valence-electron chi connectivity index (χ1n) is 11.7. The van der Waals surface area contributed by atoms with Crippen molar-refractivity contribution in [2.24, 2.45) is 11.0 Å². The van der Waals surface area contributed by atoms with Gasteiger partial charge in [0.05, 0.1) is 26.0 Å². The zero-order chi connectivity index (χ0) is 24.4. The van der Waals surface area contributed by atoms with Crippen LogP contribution < -0.4 is 9.47 Å². The predicted octanol–water partition coefficient (Wildman–Crippen LogP) is 6.90. The molecule has 178 valence electrons. The summed E-state index contributed by atoms with van der Waals surface area (Å²) in [5, 5.41) is 6.68. The summed E-state index contributed by atoms with van der Waals surface area (Å²) in [6.07, 6.45) is 5.18. The van der Waals surface area contributed by atoms with E-state index in [-0.39, 0.29) is 17.9 Å². The van der Waals surface area contributed by atoms with Gasteiger partial charge in [-0.25, -0.2) is 5.01 Å². The van der Waals surface area contributed by atoms with Crippen LogP contribution in [0.4, 0.5) is 0 Å². The summed E-state index contributed by atoms with van der Waals surface area (Å²) >= 11 is 3.46. The van der Waals surface area contributed by atoms with Crippen molar-refractivity contribution in [3.63, 3.8) is 0 Å². The van der Waals surface area contributed by atoms with E-state index in [4.69, 9.17) is 14.6 Å². The molecule has 0 radical (unpaired) electrons. The number of benzene rings is 3. The number of nitrogens with zero attached hydrogens (tertiary/aromatic N) is 2. The van der Waals surface area contributed by atoms with Gasteiger partial charge >= 0.3 is 0 Å². The van der Waals surface area contributed by atoms with E-state index in [0.717, 1.165) is 52.1 Å². The fourth-order valence-corrected chi connectivity index (χ4v) is 5.19. The topological polar surface area (TPSA) is 51.1 Å². The minimum Gasteiger partial charge on any atom is -0.497 e. The van der Waals surface area contributed by atoms with E-state index in [1.54, 1.807) is 19.2 Å². The largest absolute Gasteiger partial charge is 0.497 e. The third-order valence-electron chi connectivity index (χ3n) is 6.71. The predicted molar refractivity (Wildman–Crippen MR) is 142 cm³/mol. The van der Waals surface area contributed by atoms with Gasteiger partial charge in [0.1, 0.15) is 11.5 Å². The lowest BCUT2D eigenvalue weighted by atomic mass is 9.77. The maximum atomic E-state index is 13.7. The highest BCUT2D eigenvalue weighted by Gasteiger charge is 2.43. The van der Waals surface area contributed by atoms with Crippen molar-refractivity contribution in [1.82, 2.24) is 5.01 Å². The molecule has 0 N–H and O–H groups in total. The van der Waals surface area contributed by atoms with Gasteiger partial charge in [-0.2, -0.15) is 5.10 Å². The SMILES string of the molecule is COc1ccc(/C=C2\CCC[C@@H]3C2=NN(C(=O)c2ccc(Br)cc2)[C@@H]3c2ccc(OC)cc2)cc1. The van der Waals surface area contributed by atoms with E-state index >= 15 is 0 Å². The van der Waals surface area contributed by atoms with E-state index in [9.17, 15) is 4.79 Å². The van der Waals surface area contributed by atoms with E-state index < -0.39 is 0 Å². The number of fused-ring (bicyclic) bond motifs is 1. The van der Waals surface area contributed by atoms with E-state index in [1.165, 1.54) is 5.57 Å². The van der Waals surface area contributed by atoms with Gasteiger partial charge in [-0.05, 0) is 90.6 Å². The Kier molecular flexibility index (Phi) is 6.73. The first-order chi connectivity index (χ1) is 17.1. The van der Waals surface area contributed by atoms with Crippen LogP contribution in [0.25, 0.3) is 6.08 Å². The number of hydrazone groups is 1. The zero-order valence-electron chi connectivity index (χ0n) is 19.8. The maximum Gasteiger partial charge on any atom is 0.274 e. The van der Waals surface area contributed by atoms with Gasteiger partial charge in [-0.1, -0.05) is 40.2 Å². The molecule has 1 fully saturated rings. The maximum absolute atomic E-state index is 13.7. The van der Waals surface area contributed by atoms with Gasteiger partial charge in [0, 0.05) is 16.0 Å². The van der Waals surface area contributed by atoms with Crippen LogP contribution in [0.3, 0.4) is 0 Å². The number of halogens is 1. The van der Waals surface area contributed by atoms with Crippen LogP contribution >= 0.6 is 15.9 Å². The van der Waals surface area contributed by atoms with Crippen LogP contribution in [0.5, 0.6) is 11.5 Å². The van der Waals surface area contributed by atoms with Gasteiger partial charge in [-0.3, -0.25) is 4.79 Å². The normalized spacial score (nSPS) is 20.4. The molecular formula is C29H27BrN2O3. The fraction of sp³-hybridized carbons (Fsp3) is 0.241. The number of methoxy groups -OCH3 is 2. The van der Waals surface area contributed by atoms with Crippen molar-refractivity contribution in [1.29, 1.82) is 0 Å². The van der Waals surface area contributed by atoms with Crippen LogP contribution in [0.2, 0.25) is 0 Å². The molecule has 0 saturated heterocycles. The number of carbonyl (C=O) groups excluding carboxylic acids is 1. The monoisotopic (exact) mass is 530 g/mol. The highest BCUT2D eigenvalue weighted by molar-refractivity contribution is 9.10. The van der Waals surface area contributed by atoms with Gasteiger partial charge in [0.15, 0.2) is 0 Å². The number of rotatable bonds is 5. The van der Waals surface area contributed by atoms with Crippen molar-refractivity contribution in [3.8, 4) is 11.5 Å². The highest BCUT2D eigenvalue weighted by atomic mass is 79.9. The van der Waals surface area contributed by atoms with Crippen molar-refractivity contribution in [2.75, 3.05) is 14.2 Å². The molecule has 35 heavy (non-hydrogen) atoms. The van der Waals surface area contributed by atoms with Crippen molar-refractivity contribution >= 4 is 33.6 Å². The van der Waals surface area contributed by atoms with E-state index in [1.807, 2.05) is 60.7 Å². The second-order valence-corrected chi connectivity index (χ2v) is 9.72. The lowest BCUT2D eigenvalue weighted by Crippen LogP contribution is -2.31. The van der Waals surface area contributed by atoms with Crippen LogP contribution in [-0.4, -0.2) is 30.8 Å². The number of carbonyl (C=O) groups is 1. The number of hydrogen-bond donors (Lipinski definition) is 0. The summed E-state index contributed by atoms with van der Waals surface area (Å²) < 4.78 is 11.6. The first-order valence-corrected chi connectivity index (χ1v) is 12.5. The third kappa shape index (κ3) is 4.76. The van der Waals surface area contributed by atoms with Crippen molar-refractivity contribution in [2.45, 2.75) is 25.3 Å². The molecule has 0 bridgehead atoms. The second-order valence-electron chi connectivity index (χ2n) is 8.80. The minimum absolute atomic E-state index is 0.0935. The van der Waals surface area contributed by atoms with Crippen LogP contribution in [0.1, 0.15) is 46.8 Å². The molecule has 0 spiro atoms. The Balaban J connectivity index is 1.55. The average Bonchev–Trinajstić information content (AvgIpc) is 3.30. The van der Waals surface area contributed by atoms with Crippen molar-refractivity contribution in [3.05, 3.63) is 99.5 Å². The van der Waals surface area contributed by atoms with Gasteiger partial charge in [-0.15, -0.1) is 0 Å². The summed E-state index contributed by atoms with van der Waals surface area (Å²) in [6.45, 7) is 0. The summed E-state index contributed by atoms with van der Waals surface area (Å²) in [4.78, 5) is 13.7. The summed E-state index contributed by atoms with van der Waals surface area (Å²) in [6, 6.07) is 23.3. The molecule has 5 rings (SSSR count). The number of allylic oxidation sites excluding steroid dienone is 1. The molecule has 6 heteroatoms. The Hall–Kier alpha value is -3.38. The fourth-order valence-electron chi connectivity index (χ4n) is 4.93. The van der Waals surface area contributed by atoms with Gasteiger partial charge in [0.25, 0.3) is 5.91 Å². The molecule has 1 saturated carbocycles. The highest BCUT2D eigenvalue weighted by Crippen LogP contribution is 2.45. The van der Waals surface area contributed by atoms with Crippen molar-refractivity contribution < 1.29 is 14.3 Å². The molecule has 3 aromatic rings. The van der Waals surface area contributed by atoms with Gasteiger partial charge < -0.3 is 9.47 Å². The smallest absolute Gasteiger partial charge is 0.274 e. The molecule has 1 aliphatic carbocycles. The number of hydrogen-bond acceptors (Lipinski definition) is 4. The Morgan fingerprint density at radius 3 is 2.20 bits per heavy atom. The molecule has 1 amide bonds. The van der Waals surface area contributed by atoms with Crippen LogP contribution in [0.15, 0.2) is 87.9 Å². The quantitative estimate of drug-likeness (QED) is 0.360. The Morgan fingerprint density at radius 1 is 0.943 bits per heavy atom. The summed E-state index contributed by atoms with van der Waals surface area (Å²) in [5.41, 5.74) is 4.98. The lowest BCUT2D eigenvalue weighted by molar-refractivity contribution is 0.0681. The molecule has 2 atom stereocenters. The molecule has 2 aliphatic rings. The summed E-state index contributed by atoms with van der Waals surface area (Å²) in [7, 11) is 3.33. The Labute approximate surface area is 214 Å². The zero-order valence-corrected chi connectivity index (χ0v) is 21.4. The third-order valence-corrected chi connectivity index (χ3v) is 7.24. The molecule has 5 nitrogen and oxygen atoms in total. The lowest BCUT2D eigenvalue weighted by Gasteiger charge is -2.29. The van der Waals surface area contributed by atoms with E-state index in [2.05, 4.69) is 34.1 Å². The molecule has 0 aromatic heterocycles. The molecule has 3 aromatic carbocycles. The van der Waals surface area contributed by atoms with Crippen LogP contribution in [0, 0.1) is 5.92 Å². The molecule has 0 unspecified atom stereocenters. The minimum atomic E-state index is -0.161. The van der Waals surface area contributed by atoms with E-state index in [0.29, 0.717) is 5.56 Å². The Bertz CT molecular complexity index is 1260. The summed E-state index contributed by atoms with van der Waals surface area (Å²) in [5.74, 6) is 1.67. The molecule has 1 aliphatic heterocycles. The molecular weight excluding hydrogens is 504 g/mol. The first kappa shape index (κ1) is 23.4. The average molecular weight is 531 g/mol. The standard InChI is InChI=1S/C29H27BrN2O3/c1-34-24-14-6-19(7-15-24)18-22-4-3-5-26-27(22)31-32(29(33)21-8-12-23(30)13-9-21)28(26)20-10-16-25(35-2)17-11-20/h6-18,26,28H,3-5H2,1-2H3/b22-18+/t26-,28-/m1/s1. The Morgan fingerprint density at radius 2 is 1.57 bits per heavy atom.